The molecule has 15 heavy (non-hydrogen) atoms. The molecule has 3 saturated carbocycles. The highest BCUT2D eigenvalue weighted by Gasteiger charge is 2.69. The predicted molar refractivity (Wildman–Crippen MR) is 61.9 cm³/mol. The van der Waals surface area contributed by atoms with Crippen LogP contribution in [0.3, 0.4) is 0 Å². The van der Waals surface area contributed by atoms with Gasteiger partial charge in [-0.25, -0.2) is 0 Å². The first kappa shape index (κ1) is 10.2. The maximum atomic E-state index is 11.0. The Morgan fingerprint density at radius 3 is 2.80 bits per heavy atom. The Labute approximate surface area is 96.5 Å². The summed E-state index contributed by atoms with van der Waals surface area (Å²) in [5.74, 6) is 1.46. The summed E-state index contributed by atoms with van der Waals surface area (Å²) in [5, 5.41) is 11.0. The lowest BCUT2D eigenvalue weighted by Gasteiger charge is -2.40. The van der Waals surface area contributed by atoms with Crippen LogP contribution in [0.5, 0.6) is 0 Å². The van der Waals surface area contributed by atoms with Crippen molar-refractivity contribution in [2.45, 2.75) is 44.1 Å². The summed E-state index contributed by atoms with van der Waals surface area (Å²) in [5.41, 5.74) is 0.781. The van der Waals surface area contributed by atoms with E-state index >= 15 is 0 Å². The van der Waals surface area contributed by atoms with Crippen molar-refractivity contribution in [3.8, 4) is 0 Å². The molecule has 0 saturated heterocycles. The molecular weight excluding hydrogens is 208 g/mol. The Morgan fingerprint density at radius 2 is 2.07 bits per heavy atom. The minimum Gasteiger partial charge on any atom is -0.389 e. The average molecular weight is 227 g/mol. The molecule has 4 atom stereocenters. The van der Waals surface area contributed by atoms with Crippen LogP contribution in [-0.2, 0) is 0 Å². The molecule has 0 aliphatic heterocycles. The van der Waals surface area contributed by atoms with Crippen molar-refractivity contribution in [3.63, 3.8) is 0 Å². The van der Waals surface area contributed by atoms with Crippen molar-refractivity contribution in [2.24, 2.45) is 17.3 Å². The van der Waals surface area contributed by atoms with Gasteiger partial charge in [-0.05, 0) is 31.6 Å². The van der Waals surface area contributed by atoms with Crippen molar-refractivity contribution in [3.05, 3.63) is 12.2 Å². The molecule has 0 radical (unpaired) electrons. The van der Waals surface area contributed by atoms with Gasteiger partial charge in [0.2, 0.25) is 0 Å². The number of halogens is 1. The fourth-order valence-corrected chi connectivity index (χ4v) is 5.22. The van der Waals surface area contributed by atoms with Gasteiger partial charge in [0.05, 0.1) is 5.60 Å². The molecule has 0 heterocycles. The second-order valence-electron chi connectivity index (χ2n) is 5.68. The normalized spacial score (nSPS) is 53.3. The van der Waals surface area contributed by atoms with Gasteiger partial charge in [0.25, 0.3) is 0 Å². The lowest BCUT2D eigenvalue weighted by Crippen LogP contribution is -2.46. The molecule has 2 heteroatoms. The van der Waals surface area contributed by atoms with E-state index in [0.717, 1.165) is 25.7 Å². The topological polar surface area (TPSA) is 20.2 Å². The summed E-state index contributed by atoms with van der Waals surface area (Å²) in [4.78, 5) is 0. The van der Waals surface area contributed by atoms with Crippen molar-refractivity contribution in [2.75, 3.05) is 5.88 Å². The van der Waals surface area contributed by atoms with E-state index in [4.69, 9.17) is 11.6 Å². The molecule has 3 fully saturated rings. The van der Waals surface area contributed by atoms with Gasteiger partial charge in [-0.2, -0.15) is 0 Å². The maximum Gasteiger partial charge on any atom is 0.0785 e. The number of hydrogen-bond acceptors (Lipinski definition) is 1. The van der Waals surface area contributed by atoms with E-state index in [-0.39, 0.29) is 5.41 Å². The summed E-state index contributed by atoms with van der Waals surface area (Å²) < 4.78 is 0. The number of hydrogen-bond donors (Lipinski definition) is 1. The van der Waals surface area contributed by atoms with Gasteiger partial charge in [-0.1, -0.05) is 25.0 Å². The largest absolute Gasteiger partial charge is 0.389 e. The Kier molecular flexibility index (Phi) is 2.04. The summed E-state index contributed by atoms with van der Waals surface area (Å²) >= 11 is 6.22. The minimum absolute atomic E-state index is 0.0210. The van der Waals surface area contributed by atoms with Crippen molar-refractivity contribution in [1.82, 2.24) is 0 Å². The van der Waals surface area contributed by atoms with E-state index in [1.54, 1.807) is 0 Å². The first-order chi connectivity index (χ1) is 7.16. The van der Waals surface area contributed by atoms with E-state index in [1.165, 1.54) is 18.4 Å². The zero-order valence-electron chi connectivity index (χ0n) is 9.14. The van der Waals surface area contributed by atoms with Gasteiger partial charge in [0.15, 0.2) is 0 Å². The van der Waals surface area contributed by atoms with Crippen LogP contribution in [0.2, 0.25) is 0 Å². The van der Waals surface area contributed by atoms with Gasteiger partial charge in [-0.15, -0.1) is 11.6 Å². The van der Waals surface area contributed by atoms with Crippen LogP contribution in [0, 0.1) is 17.3 Å². The maximum absolute atomic E-state index is 11.0. The molecule has 4 bridgehead atoms. The van der Waals surface area contributed by atoms with Crippen molar-refractivity contribution < 1.29 is 5.11 Å². The summed E-state index contributed by atoms with van der Waals surface area (Å²) in [6.45, 7) is 4.24. The minimum atomic E-state index is -0.507. The van der Waals surface area contributed by atoms with Crippen LogP contribution in [0.25, 0.3) is 0 Å². The highest BCUT2D eigenvalue weighted by atomic mass is 35.5. The lowest BCUT2D eigenvalue weighted by molar-refractivity contribution is -0.0614. The Bertz CT molecular complexity index is 314. The zero-order chi connectivity index (χ0) is 10.7. The lowest BCUT2D eigenvalue weighted by atomic mass is 9.70. The molecule has 0 aromatic heterocycles. The average Bonchev–Trinajstić information content (AvgIpc) is 2.52. The Hall–Kier alpha value is -0.0100. The van der Waals surface area contributed by atoms with Crippen LogP contribution >= 0.6 is 11.6 Å². The highest BCUT2D eigenvalue weighted by molar-refractivity contribution is 6.18. The van der Waals surface area contributed by atoms with Crippen LogP contribution in [-0.4, -0.2) is 16.6 Å². The van der Waals surface area contributed by atoms with Crippen molar-refractivity contribution in [1.29, 1.82) is 0 Å². The van der Waals surface area contributed by atoms with Crippen LogP contribution < -0.4 is 0 Å². The summed E-state index contributed by atoms with van der Waals surface area (Å²) in [6.07, 6.45) is 6.76. The van der Waals surface area contributed by atoms with Crippen LogP contribution in [0.4, 0.5) is 0 Å². The van der Waals surface area contributed by atoms with E-state index in [0.29, 0.717) is 17.7 Å². The van der Waals surface area contributed by atoms with Crippen LogP contribution in [0.15, 0.2) is 12.2 Å². The van der Waals surface area contributed by atoms with Gasteiger partial charge >= 0.3 is 0 Å². The first-order valence-corrected chi connectivity index (χ1v) is 6.66. The van der Waals surface area contributed by atoms with Gasteiger partial charge in [-0.3, -0.25) is 0 Å². The SMILES string of the molecule is C=C1[C@@H]2CCCC[C@]3(O)[C@H]1CC[C@]23CCl. The molecule has 0 spiro atoms. The fraction of sp³-hybridized carbons (Fsp3) is 0.846. The summed E-state index contributed by atoms with van der Waals surface area (Å²) in [6, 6.07) is 0. The van der Waals surface area contributed by atoms with E-state index in [1.807, 2.05) is 0 Å². The monoisotopic (exact) mass is 226 g/mol. The van der Waals surface area contributed by atoms with E-state index in [9.17, 15) is 5.11 Å². The van der Waals surface area contributed by atoms with E-state index < -0.39 is 5.60 Å². The molecule has 0 amide bonds. The predicted octanol–water partition coefficient (Wildman–Crippen LogP) is 3.11. The second kappa shape index (κ2) is 3.01. The zero-order valence-corrected chi connectivity index (χ0v) is 9.89. The second-order valence-corrected chi connectivity index (χ2v) is 5.95. The molecular formula is C13H19ClO. The molecule has 3 rings (SSSR count). The quantitative estimate of drug-likeness (QED) is 0.538. The molecule has 3 aliphatic rings. The van der Waals surface area contributed by atoms with Gasteiger partial charge in [0.1, 0.15) is 0 Å². The van der Waals surface area contributed by atoms with Crippen LogP contribution in [0.1, 0.15) is 38.5 Å². The number of rotatable bonds is 1. The first-order valence-electron chi connectivity index (χ1n) is 6.13. The van der Waals surface area contributed by atoms with Gasteiger partial charge in [0, 0.05) is 17.2 Å². The third kappa shape index (κ3) is 0.951. The molecule has 1 N–H and O–H groups in total. The third-order valence-electron chi connectivity index (χ3n) is 5.42. The van der Waals surface area contributed by atoms with E-state index in [2.05, 4.69) is 6.58 Å². The fourth-order valence-electron chi connectivity index (χ4n) is 4.67. The smallest absolute Gasteiger partial charge is 0.0785 e. The van der Waals surface area contributed by atoms with Gasteiger partial charge < -0.3 is 5.11 Å². The number of alkyl halides is 1. The molecule has 0 aromatic carbocycles. The number of aliphatic hydroxyl groups is 1. The third-order valence-corrected chi connectivity index (χ3v) is 5.90. The standard InChI is InChI=1S/C13H19ClO/c1-9-10-4-2-3-6-13(15)11(9)5-7-12(10,13)8-14/h10-11,15H,1-8H2/t10-,11-,12-,13-/m0/s1. The Balaban J connectivity index is 2.14. The Morgan fingerprint density at radius 1 is 1.27 bits per heavy atom. The highest BCUT2D eigenvalue weighted by Crippen LogP contribution is 2.69. The molecule has 3 aliphatic carbocycles. The summed E-state index contributed by atoms with van der Waals surface area (Å²) in [7, 11) is 0. The molecule has 0 unspecified atom stereocenters. The van der Waals surface area contributed by atoms with Crippen molar-refractivity contribution >= 4 is 11.6 Å². The molecule has 84 valence electrons. The molecule has 1 nitrogen and oxygen atoms in total. The molecule has 0 aromatic rings.